The minimum absolute atomic E-state index is 0.263. The summed E-state index contributed by atoms with van der Waals surface area (Å²) in [6.45, 7) is 6.47. The first-order valence-corrected chi connectivity index (χ1v) is 7.17. The molecule has 0 aliphatic heterocycles. The third kappa shape index (κ3) is 3.01. The summed E-state index contributed by atoms with van der Waals surface area (Å²) in [5, 5.41) is 6.18. The highest BCUT2D eigenvalue weighted by molar-refractivity contribution is 9.09. The van der Waals surface area contributed by atoms with Gasteiger partial charge in [0, 0.05) is 12.4 Å². The summed E-state index contributed by atoms with van der Waals surface area (Å²) < 4.78 is 1.91. The van der Waals surface area contributed by atoms with Gasteiger partial charge < -0.3 is 0 Å². The van der Waals surface area contributed by atoms with Gasteiger partial charge in [0.05, 0.1) is 16.4 Å². The van der Waals surface area contributed by atoms with Gasteiger partial charge in [-0.25, -0.2) is 0 Å². The molecule has 2 nitrogen and oxygen atoms in total. The molecule has 1 aromatic rings. The van der Waals surface area contributed by atoms with Crippen molar-refractivity contribution in [2.24, 2.45) is 12.5 Å². The number of halogens is 2. The summed E-state index contributed by atoms with van der Waals surface area (Å²) in [4.78, 5) is 0. The van der Waals surface area contributed by atoms with E-state index in [0.717, 1.165) is 28.2 Å². The molecule has 1 unspecified atom stereocenters. The van der Waals surface area contributed by atoms with Crippen LogP contribution in [-0.2, 0) is 13.5 Å². The van der Waals surface area contributed by atoms with E-state index in [4.69, 9.17) is 11.6 Å². The van der Waals surface area contributed by atoms with Gasteiger partial charge in [-0.15, -0.1) is 0 Å². The van der Waals surface area contributed by atoms with Gasteiger partial charge in [0.15, 0.2) is 0 Å². The van der Waals surface area contributed by atoms with Crippen LogP contribution >= 0.6 is 27.5 Å². The van der Waals surface area contributed by atoms with Gasteiger partial charge in [-0.05, 0) is 25.2 Å². The molecule has 0 aliphatic carbocycles. The number of aryl methyl sites for hydroxylation is 2. The fourth-order valence-electron chi connectivity index (χ4n) is 2.08. The predicted molar refractivity (Wildman–Crippen MR) is 73.5 cm³/mol. The van der Waals surface area contributed by atoms with E-state index in [1.807, 2.05) is 18.7 Å². The summed E-state index contributed by atoms with van der Waals surface area (Å²) >= 11 is 9.89. The van der Waals surface area contributed by atoms with E-state index in [9.17, 15) is 0 Å². The van der Waals surface area contributed by atoms with E-state index in [1.54, 1.807) is 0 Å². The van der Waals surface area contributed by atoms with Crippen molar-refractivity contribution in [2.45, 2.75) is 40.0 Å². The minimum Gasteiger partial charge on any atom is -0.271 e. The Hall–Kier alpha value is -0.0200. The van der Waals surface area contributed by atoms with Crippen molar-refractivity contribution in [2.75, 3.05) is 5.33 Å². The lowest BCUT2D eigenvalue weighted by Crippen LogP contribution is -2.23. The summed E-state index contributed by atoms with van der Waals surface area (Å²) in [5.74, 6) is 0. The molecule has 16 heavy (non-hydrogen) atoms. The first-order valence-electron chi connectivity index (χ1n) is 5.67. The smallest absolute Gasteiger partial charge is 0.0847 e. The van der Waals surface area contributed by atoms with Gasteiger partial charge in [-0.2, -0.15) is 5.10 Å². The topological polar surface area (TPSA) is 17.8 Å². The van der Waals surface area contributed by atoms with Crippen molar-refractivity contribution in [1.29, 1.82) is 0 Å². The van der Waals surface area contributed by atoms with Crippen LogP contribution in [0, 0.1) is 12.3 Å². The van der Waals surface area contributed by atoms with Crippen molar-refractivity contribution in [3.8, 4) is 0 Å². The lowest BCUT2D eigenvalue weighted by molar-refractivity contribution is 0.332. The zero-order valence-corrected chi connectivity index (χ0v) is 12.8. The molecule has 0 bridgehead atoms. The Bertz CT molecular complexity index is 362. The quantitative estimate of drug-likeness (QED) is 0.748. The zero-order valence-electron chi connectivity index (χ0n) is 10.5. The highest BCUT2D eigenvalue weighted by Crippen LogP contribution is 2.33. The van der Waals surface area contributed by atoms with E-state index in [2.05, 4.69) is 34.9 Å². The predicted octanol–water partition coefficient (Wildman–Crippen LogP) is 4.13. The fourth-order valence-corrected chi connectivity index (χ4v) is 2.79. The number of hydrogen-bond donors (Lipinski definition) is 0. The summed E-state index contributed by atoms with van der Waals surface area (Å²) in [6, 6.07) is 0. The van der Waals surface area contributed by atoms with Crippen molar-refractivity contribution in [1.82, 2.24) is 9.78 Å². The number of nitrogens with zero attached hydrogens (tertiary/aromatic N) is 2. The largest absolute Gasteiger partial charge is 0.271 e. The summed E-state index contributed by atoms with van der Waals surface area (Å²) in [7, 11) is 1.97. The Labute approximate surface area is 111 Å². The van der Waals surface area contributed by atoms with Crippen molar-refractivity contribution >= 4 is 27.5 Å². The number of hydrogen-bond acceptors (Lipinski definition) is 1. The van der Waals surface area contributed by atoms with Gasteiger partial charge in [0.2, 0.25) is 0 Å². The average molecular weight is 308 g/mol. The molecule has 1 rings (SSSR count). The summed E-state index contributed by atoms with van der Waals surface area (Å²) in [6.07, 6.45) is 3.36. The SMILES string of the molecule is CCCC(C)(CBr)Cc1c(Cl)c(C)nn1C. The monoisotopic (exact) mass is 306 g/mol. The van der Waals surface area contributed by atoms with Crippen LogP contribution in [0.25, 0.3) is 0 Å². The van der Waals surface area contributed by atoms with Crippen LogP contribution in [0.5, 0.6) is 0 Å². The van der Waals surface area contributed by atoms with Crippen LogP contribution in [0.4, 0.5) is 0 Å². The summed E-state index contributed by atoms with van der Waals surface area (Å²) in [5.41, 5.74) is 2.33. The number of alkyl halides is 1. The normalized spacial score (nSPS) is 15.1. The van der Waals surface area contributed by atoms with E-state index >= 15 is 0 Å². The Morgan fingerprint density at radius 2 is 2.12 bits per heavy atom. The van der Waals surface area contributed by atoms with E-state index in [1.165, 1.54) is 12.8 Å². The van der Waals surface area contributed by atoms with Crippen LogP contribution < -0.4 is 0 Å². The highest BCUT2D eigenvalue weighted by Gasteiger charge is 2.26. The van der Waals surface area contributed by atoms with Gasteiger partial charge in [-0.3, -0.25) is 4.68 Å². The Kier molecular flexibility index (Phi) is 4.87. The highest BCUT2D eigenvalue weighted by atomic mass is 79.9. The molecule has 0 radical (unpaired) electrons. The van der Waals surface area contributed by atoms with Gasteiger partial charge in [0.25, 0.3) is 0 Å². The maximum atomic E-state index is 6.28. The van der Waals surface area contributed by atoms with E-state index < -0.39 is 0 Å². The van der Waals surface area contributed by atoms with Crippen molar-refractivity contribution in [3.63, 3.8) is 0 Å². The van der Waals surface area contributed by atoms with Crippen molar-refractivity contribution < 1.29 is 0 Å². The maximum Gasteiger partial charge on any atom is 0.0847 e. The lowest BCUT2D eigenvalue weighted by Gasteiger charge is -2.27. The Morgan fingerprint density at radius 3 is 2.50 bits per heavy atom. The molecule has 0 saturated heterocycles. The molecule has 0 N–H and O–H groups in total. The Morgan fingerprint density at radius 1 is 1.50 bits per heavy atom. The molecule has 4 heteroatoms. The fraction of sp³-hybridized carbons (Fsp3) is 0.750. The van der Waals surface area contributed by atoms with Gasteiger partial charge >= 0.3 is 0 Å². The molecule has 1 aromatic heterocycles. The molecule has 92 valence electrons. The molecule has 0 amide bonds. The number of rotatable bonds is 5. The van der Waals surface area contributed by atoms with Crippen molar-refractivity contribution in [3.05, 3.63) is 16.4 Å². The van der Waals surface area contributed by atoms with E-state index in [-0.39, 0.29) is 5.41 Å². The van der Waals surface area contributed by atoms with Crippen LogP contribution in [0.1, 0.15) is 38.1 Å². The first-order chi connectivity index (χ1) is 7.43. The van der Waals surface area contributed by atoms with Gasteiger partial charge in [0.1, 0.15) is 0 Å². The minimum atomic E-state index is 0.263. The molecule has 0 fully saturated rings. The second-order valence-corrected chi connectivity index (χ2v) is 5.78. The third-order valence-corrected chi connectivity index (χ3v) is 4.88. The lowest BCUT2D eigenvalue weighted by atomic mass is 9.83. The molecule has 1 heterocycles. The Balaban J connectivity index is 2.93. The van der Waals surface area contributed by atoms with Crippen LogP contribution in [0.3, 0.4) is 0 Å². The molecule has 0 aliphatic rings. The molecule has 0 spiro atoms. The number of aromatic nitrogens is 2. The maximum absolute atomic E-state index is 6.28. The molecule has 0 aromatic carbocycles. The van der Waals surface area contributed by atoms with Crippen LogP contribution in [0.15, 0.2) is 0 Å². The molecule has 1 atom stereocenters. The van der Waals surface area contributed by atoms with Gasteiger partial charge in [-0.1, -0.05) is 47.8 Å². The van der Waals surface area contributed by atoms with E-state index in [0.29, 0.717) is 0 Å². The molecule has 0 saturated carbocycles. The first kappa shape index (κ1) is 14.0. The van der Waals surface area contributed by atoms with Crippen LogP contribution in [0.2, 0.25) is 5.02 Å². The molecular weight excluding hydrogens is 288 g/mol. The zero-order chi connectivity index (χ0) is 12.3. The standard InChI is InChI=1S/C12H20BrClN2/c1-5-6-12(3,8-13)7-10-11(14)9(2)15-16(10)4/h5-8H2,1-4H3. The average Bonchev–Trinajstić information content (AvgIpc) is 2.46. The second kappa shape index (κ2) is 5.54. The molecular formula is C12H20BrClN2. The third-order valence-electron chi connectivity index (χ3n) is 3.03. The second-order valence-electron chi connectivity index (χ2n) is 4.84. The van der Waals surface area contributed by atoms with Crippen LogP contribution in [-0.4, -0.2) is 15.1 Å².